The van der Waals surface area contributed by atoms with E-state index in [0.29, 0.717) is 6.17 Å². The van der Waals surface area contributed by atoms with Gasteiger partial charge in [-0.1, -0.05) is 226 Å². The third kappa shape index (κ3) is 27.3. The van der Waals surface area contributed by atoms with Crippen molar-refractivity contribution in [3.8, 4) is 0 Å². The van der Waals surface area contributed by atoms with Crippen LogP contribution in [0.5, 0.6) is 0 Å². The van der Waals surface area contributed by atoms with Gasteiger partial charge < -0.3 is 9.80 Å². The summed E-state index contributed by atoms with van der Waals surface area (Å²) in [6.07, 6.45) is 57.4. The first-order chi connectivity index (χ1) is 22.8. The van der Waals surface area contributed by atoms with Gasteiger partial charge >= 0.3 is 0 Å². The van der Waals surface area contributed by atoms with Gasteiger partial charge in [0.2, 0.25) is 0 Å². The molecule has 1 aliphatic rings. The Kier molecular flexibility index (Phi) is 33.6. The van der Waals surface area contributed by atoms with Gasteiger partial charge in [-0.05, 0) is 25.7 Å². The van der Waals surface area contributed by atoms with Crippen molar-refractivity contribution in [1.29, 1.82) is 0 Å². The highest BCUT2D eigenvalue weighted by atomic mass is 15.4. The minimum absolute atomic E-state index is 0.638. The molecule has 2 heteroatoms. The molecule has 0 unspecified atom stereocenters. The predicted molar refractivity (Wildman–Crippen MR) is 210 cm³/mol. The van der Waals surface area contributed by atoms with E-state index >= 15 is 0 Å². The smallest absolute Gasteiger partial charge is 0.101 e. The van der Waals surface area contributed by atoms with Crippen LogP contribution in [-0.4, -0.2) is 29.1 Å². The third-order valence-electron chi connectivity index (χ3n) is 10.8. The molecular formula is C44H88N2. The van der Waals surface area contributed by atoms with Crippen LogP contribution in [0.15, 0.2) is 12.4 Å². The van der Waals surface area contributed by atoms with Gasteiger partial charge in [0.25, 0.3) is 0 Å². The second-order valence-corrected chi connectivity index (χ2v) is 15.4. The molecule has 0 aromatic heterocycles. The molecule has 0 radical (unpaired) electrons. The Hall–Kier alpha value is -0.660. The normalized spacial score (nSPS) is 13.5. The first-order valence-corrected chi connectivity index (χ1v) is 22.0. The molecule has 0 atom stereocenters. The summed E-state index contributed by atoms with van der Waals surface area (Å²) in [6.45, 7) is 9.49. The molecule has 0 saturated carbocycles. The topological polar surface area (TPSA) is 6.48 Å². The van der Waals surface area contributed by atoms with Gasteiger partial charge in [0.1, 0.15) is 6.17 Å². The lowest BCUT2D eigenvalue weighted by atomic mass is 10.0. The molecule has 2 nitrogen and oxygen atoms in total. The van der Waals surface area contributed by atoms with Crippen molar-refractivity contribution in [2.24, 2.45) is 0 Å². The van der Waals surface area contributed by atoms with Crippen LogP contribution in [0, 0.1) is 0 Å². The molecule has 0 N–H and O–H groups in total. The quantitative estimate of drug-likeness (QED) is 0.0617. The maximum absolute atomic E-state index is 2.73. The molecule has 0 aliphatic carbocycles. The molecule has 0 aromatic rings. The number of hydrogen-bond donors (Lipinski definition) is 0. The fraction of sp³-hybridized carbons (Fsp3) is 0.955. The average Bonchev–Trinajstić information content (AvgIpc) is 3.45. The Labute approximate surface area is 292 Å². The lowest BCUT2D eigenvalue weighted by molar-refractivity contribution is 0.135. The number of rotatable bonds is 38. The van der Waals surface area contributed by atoms with E-state index < -0.39 is 0 Å². The second kappa shape index (κ2) is 35.6. The third-order valence-corrected chi connectivity index (χ3v) is 10.8. The van der Waals surface area contributed by atoms with Crippen molar-refractivity contribution in [3.63, 3.8) is 0 Å². The van der Waals surface area contributed by atoms with Gasteiger partial charge in [-0.15, -0.1) is 0 Å². The van der Waals surface area contributed by atoms with Crippen LogP contribution in [-0.2, 0) is 0 Å². The lowest BCUT2D eigenvalue weighted by Gasteiger charge is -2.33. The Balaban J connectivity index is 2.20. The van der Waals surface area contributed by atoms with E-state index in [-0.39, 0.29) is 0 Å². The van der Waals surface area contributed by atoms with Crippen LogP contribution in [0.1, 0.15) is 252 Å². The molecule has 1 heterocycles. The van der Waals surface area contributed by atoms with E-state index in [1.165, 1.54) is 244 Å². The fourth-order valence-electron chi connectivity index (χ4n) is 7.60. The highest BCUT2D eigenvalue weighted by Crippen LogP contribution is 2.24. The molecule has 0 spiro atoms. The van der Waals surface area contributed by atoms with Crippen molar-refractivity contribution in [3.05, 3.63) is 12.4 Å². The van der Waals surface area contributed by atoms with Crippen molar-refractivity contribution < 1.29 is 0 Å². The molecule has 0 saturated heterocycles. The minimum Gasteiger partial charge on any atom is -0.356 e. The molecule has 0 fully saturated rings. The maximum Gasteiger partial charge on any atom is 0.101 e. The van der Waals surface area contributed by atoms with Crippen molar-refractivity contribution in [2.45, 2.75) is 258 Å². The van der Waals surface area contributed by atoms with E-state index in [1.54, 1.807) is 0 Å². The first-order valence-electron chi connectivity index (χ1n) is 22.0. The summed E-state index contributed by atoms with van der Waals surface area (Å²) >= 11 is 0. The fourth-order valence-corrected chi connectivity index (χ4v) is 7.60. The van der Waals surface area contributed by atoms with Gasteiger partial charge in [-0.25, -0.2) is 0 Å². The van der Waals surface area contributed by atoms with Crippen LogP contribution in [0.25, 0.3) is 0 Å². The Bertz CT molecular complexity index is 561. The summed E-state index contributed by atoms with van der Waals surface area (Å²) in [5.41, 5.74) is 0. The highest BCUT2D eigenvalue weighted by molar-refractivity contribution is 4.97. The zero-order valence-corrected chi connectivity index (χ0v) is 32.5. The summed E-state index contributed by atoms with van der Waals surface area (Å²) in [6, 6.07) is 0. The number of unbranched alkanes of at least 4 members (excludes halogenated alkanes) is 32. The summed E-state index contributed by atoms with van der Waals surface area (Å²) in [5, 5.41) is 0. The number of nitrogens with zero attached hydrogens (tertiary/aromatic N) is 2. The molecule has 0 aromatic carbocycles. The molecule has 1 rings (SSSR count). The lowest BCUT2D eigenvalue weighted by Crippen LogP contribution is -2.39. The SMILES string of the molecule is CCCCCCCCCCCCCCCN1C=CN(CCCCCCCCCCCCCCC)C1CCCCCCCCCCC. The van der Waals surface area contributed by atoms with Gasteiger partial charge in [0.05, 0.1) is 0 Å². The van der Waals surface area contributed by atoms with Gasteiger partial charge in [-0.2, -0.15) is 0 Å². The average molecular weight is 645 g/mol. The molecule has 0 bridgehead atoms. The second-order valence-electron chi connectivity index (χ2n) is 15.4. The van der Waals surface area contributed by atoms with Crippen molar-refractivity contribution in [2.75, 3.05) is 13.1 Å². The monoisotopic (exact) mass is 645 g/mol. The van der Waals surface area contributed by atoms with E-state index in [4.69, 9.17) is 0 Å². The van der Waals surface area contributed by atoms with Crippen molar-refractivity contribution >= 4 is 0 Å². The molecule has 1 aliphatic heterocycles. The standard InChI is InChI=1S/C44H88N2/c1-4-7-10-13-16-19-21-23-25-28-31-34-37-40-45-42-43-46(44(45)39-36-33-30-27-18-15-12-9-6-3)41-38-35-32-29-26-24-22-20-17-14-11-8-5-2/h42-44H,4-41H2,1-3H3. The Morgan fingerprint density at radius 2 is 0.500 bits per heavy atom. The molecule has 46 heavy (non-hydrogen) atoms. The van der Waals surface area contributed by atoms with E-state index in [9.17, 15) is 0 Å². The van der Waals surface area contributed by atoms with Crippen LogP contribution >= 0.6 is 0 Å². The number of hydrogen-bond acceptors (Lipinski definition) is 2. The summed E-state index contributed by atoms with van der Waals surface area (Å²) in [5.74, 6) is 0. The predicted octanol–water partition coefficient (Wildman–Crippen LogP) is 15.5. The Morgan fingerprint density at radius 3 is 0.761 bits per heavy atom. The van der Waals surface area contributed by atoms with Crippen LogP contribution in [0.2, 0.25) is 0 Å². The Morgan fingerprint density at radius 1 is 0.283 bits per heavy atom. The summed E-state index contributed by atoms with van der Waals surface area (Å²) in [4.78, 5) is 5.46. The summed E-state index contributed by atoms with van der Waals surface area (Å²) in [7, 11) is 0. The van der Waals surface area contributed by atoms with Crippen LogP contribution < -0.4 is 0 Å². The molecular weight excluding hydrogens is 556 g/mol. The zero-order chi connectivity index (χ0) is 33.0. The first kappa shape index (κ1) is 43.4. The van der Waals surface area contributed by atoms with E-state index in [1.807, 2.05) is 0 Å². The van der Waals surface area contributed by atoms with Crippen molar-refractivity contribution in [1.82, 2.24) is 9.80 Å². The van der Waals surface area contributed by atoms with Gasteiger partial charge in [-0.3, -0.25) is 0 Å². The van der Waals surface area contributed by atoms with Gasteiger partial charge in [0, 0.05) is 25.5 Å². The highest BCUT2D eigenvalue weighted by Gasteiger charge is 2.24. The van der Waals surface area contributed by atoms with Gasteiger partial charge in [0.15, 0.2) is 0 Å². The van der Waals surface area contributed by atoms with E-state index in [0.717, 1.165) is 0 Å². The van der Waals surface area contributed by atoms with Crippen LogP contribution in [0.4, 0.5) is 0 Å². The van der Waals surface area contributed by atoms with Crippen LogP contribution in [0.3, 0.4) is 0 Å². The van der Waals surface area contributed by atoms with E-state index in [2.05, 4.69) is 43.0 Å². The minimum atomic E-state index is 0.638. The molecule has 0 amide bonds. The maximum atomic E-state index is 2.73. The molecule has 274 valence electrons. The zero-order valence-electron chi connectivity index (χ0n) is 32.5. The largest absolute Gasteiger partial charge is 0.356 e. The summed E-state index contributed by atoms with van der Waals surface area (Å²) < 4.78 is 0.